The Morgan fingerprint density at radius 2 is 1.90 bits per heavy atom. The summed E-state index contributed by atoms with van der Waals surface area (Å²) < 4.78 is 13.8. The monoisotopic (exact) mass is 416 g/mol. The van der Waals surface area contributed by atoms with Gasteiger partial charge in [-0.25, -0.2) is 4.39 Å². The summed E-state index contributed by atoms with van der Waals surface area (Å²) >= 11 is 0. The number of carbonyl (C=O) groups is 3. The highest BCUT2D eigenvalue weighted by Crippen LogP contribution is 2.32. The SMILES string of the molecule is O=C(CN1C(=O)C2CCCN2C(=O)c2cc(F)ccc21)NCCCN1CCCCC1. The number of benzene rings is 1. The van der Waals surface area contributed by atoms with Crippen LogP contribution in [-0.4, -0.2) is 72.8 Å². The Balaban J connectivity index is 1.41. The molecule has 1 atom stereocenters. The molecule has 3 amide bonds. The molecule has 0 spiro atoms. The lowest BCUT2D eigenvalue weighted by molar-refractivity contribution is -0.125. The molecule has 3 aliphatic rings. The number of likely N-dealkylation sites (tertiary alicyclic amines) is 1. The van der Waals surface area contributed by atoms with Crippen LogP contribution in [0.1, 0.15) is 48.9 Å². The number of piperidine rings is 1. The lowest BCUT2D eigenvalue weighted by atomic mass is 10.1. The third-order valence-corrected chi connectivity index (χ3v) is 6.27. The molecule has 1 aromatic rings. The minimum Gasteiger partial charge on any atom is -0.355 e. The molecule has 2 fully saturated rings. The van der Waals surface area contributed by atoms with Crippen molar-refractivity contribution in [2.45, 2.75) is 44.6 Å². The quantitative estimate of drug-likeness (QED) is 0.718. The van der Waals surface area contributed by atoms with Crippen LogP contribution in [-0.2, 0) is 9.59 Å². The molecule has 0 saturated carbocycles. The Morgan fingerprint density at radius 1 is 1.10 bits per heavy atom. The summed E-state index contributed by atoms with van der Waals surface area (Å²) in [5.74, 6) is -1.41. The van der Waals surface area contributed by atoms with Crippen LogP contribution < -0.4 is 10.2 Å². The second kappa shape index (κ2) is 9.12. The minimum atomic E-state index is -0.583. The van der Waals surface area contributed by atoms with Crippen LogP contribution in [0.25, 0.3) is 0 Å². The lowest BCUT2D eigenvalue weighted by Gasteiger charge is -2.27. The number of hydrogen-bond donors (Lipinski definition) is 1. The molecule has 1 aromatic carbocycles. The van der Waals surface area contributed by atoms with Crippen molar-refractivity contribution in [3.8, 4) is 0 Å². The van der Waals surface area contributed by atoms with Crippen LogP contribution in [0.2, 0.25) is 0 Å². The molecule has 0 radical (unpaired) electrons. The summed E-state index contributed by atoms with van der Waals surface area (Å²) in [6.45, 7) is 4.05. The van der Waals surface area contributed by atoms with Crippen molar-refractivity contribution in [3.05, 3.63) is 29.6 Å². The van der Waals surface area contributed by atoms with Gasteiger partial charge in [0, 0.05) is 13.1 Å². The molecule has 3 aliphatic heterocycles. The number of fused-ring (bicyclic) bond motifs is 2. The number of halogens is 1. The van der Waals surface area contributed by atoms with Gasteiger partial charge in [0.2, 0.25) is 11.8 Å². The first-order valence-corrected chi connectivity index (χ1v) is 11.0. The van der Waals surface area contributed by atoms with E-state index in [-0.39, 0.29) is 29.8 Å². The van der Waals surface area contributed by atoms with Gasteiger partial charge < -0.3 is 20.0 Å². The van der Waals surface area contributed by atoms with Crippen molar-refractivity contribution in [2.24, 2.45) is 0 Å². The number of anilines is 1. The van der Waals surface area contributed by atoms with E-state index in [1.807, 2.05) is 0 Å². The lowest BCUT2D eigenvalue weighted by Crippen LogP contribution is -2.48. The molecular weight excluding hydrogens is 387 g/mol. The van der Waals surface area contributed by atoms with Gasteiger partial charge in [-0.1, -0.05) is 6.42 Å². The highest BCUT2D eigenvalue weighted by molar-refractivity contribution is 6.12. The zero-order chi connectivity index (χ0) is 21.1. The fourth-order valence-corrected chi connectivity index (χ4v) is 4.71. The number of carbonyl (C=O) groups excluding carboxylic acids is 3. The summed E-state index contributed by atoms with van der Waals surface area (Å²) in [5, 5.41) is 2.89. The molecule has 0 aliphatic carbocycles. The highest BCUT2D eigenvalue weighted by atomic mass is 19.1. The maximum Gasteiger partial charge on any atom is 0.256 e. The van der Waals surface area contributed by atoms with E-state index in [4.69, 9.17) is 0 Å². The van der Waals surface area contributed by atoms with Crippen LogP contribution in [0.5, 0.6) is 0 Å². The van der Waals surface area contributed by atoms with Gasteiger partial charge in [-0.3, -0.25) is 14.4 Å². The second-order valence-electron chi connectivity index (χ2n) is 8.35. The van der Waals surface area contributed by atoms with Crippen LogP contribution in [0.3, 0.4) is 0 Å². The third kappa shape index (κ3) is 4.33. The van der Waals surface area contributed by atoms with Crippen LogP contribution in [0.4, 0.5) is 10.1 Å². The molecule has 1 unspecified atom stereocenters. The Labute approximate surface area is 176 Å². The maximum atomic E-state index is 13.8. The molecule has 2 saturated heterocycles. The Kier molecular flexibility index (Phi) is 6.32. The Bertz CT molecular complexity index is 825. The average molecular weight is 416 g/mol. The number of hydrogen-bond acceptors (Lipinski definition) is 4. The van der Waals surface area contributed by atoms with Crippen molar-refractivity contribution >= 4 is 23.4 Å². The molecule has 8 heteroatoms. The predicted molar refractivity (Wildman–Crippen MR) is 111 cm³/mol. The van der Waals surface area contributed by atoms with Gasteiger partial charge in [0.1, 0.15) is 18.4 Å². The molecule has 1 N–H and O–H groups in total. The molecule has 162 valence electrons. The molecule has 0 bridgehead atoms. The smallest absolute Gasteiger partial charge is 0.256 e. The van der Waals surface area contributed by atoms with E-state index in [9.17, 15) is 18.8 Å². The van der Waals surface area contributed by atoms with Gasteiger partial charge in [-0.15, -0.1) is 0 Å². The summed E-state index contributed by atoms with van der Waals surface area (Å²) in [5.41, 5.74) is 0.454. The average Bonchev–Trinajstić information content (AvgIpc) is 3.22. The summed E-state index contributed by atoms with van der Waals surface area (Å²) in [4.78, 5) is 43.9. The van der Waals surface area contributed by atoms with Crippen LogP contribution in [0, 0.1) is 5.82 Å². The number of nitrogens with one attached hydrogen (secondary N) is 1. The standard InChI is InChI=1S/C22H29FN4O3/c23-16-7-8-18-17(14-16)21(29)26-13-4-6-19(26)22(30)27(18)15-20(28)24-9-5-12-25-10-2-1-3-11-25/h7-8,14,19H,1-6,9-13,15H2,(H,24,28). The van der Waals surface area contributed by atoms with Crippen LogP contribution in [0.15, 0.2) is 18.2 Å². The van der Waals surface area contributed by atoms with Crippen molar-refractivity contribution < 1.29 is 18.8 Å². The zero-order valence-corrected chi connectivity index (χ0v) is 17.2. The Morgan fingerprint density at radius 3 is 2.70 bits per heavy atom. The van der Waals surface area contributed by atoms with Gasteiger partial charge in [0.15, 0.2) is 0 Å². The first-order valence-electron chi connectivity index (χ1n) is 11.0. The van der Waals surface area contributed by atoms with Gasteiger partial charge >= 0.3 is 0 Å². The van der Waals surface area contributed by atoms with Crippen molar-refractivity contribution in [1.82, 2.24) is 15.1 Å². The van der Waals surface area contributed by atoms with E-state index in [1.165, 1.54) is 41.2 Å². The largest absolute Gasteiger partial charge is 0.355 e. The third-order valence-electron chi connectivity index (χ3n) is 6.27. The number of rotatable bonds is 6. The van der Waals surface area contributed by atoms with E-state index in [2.05, 4.69) is 10.2 Å². The fourth-order valence-electron chi connectivity index (χ4n) is 4.71. The molecular formula is C22H29FN4O3. The van der Waals surface area contributed by atoms with E-state index >= 15 is 0 Å². The van der Waals surface area contributed by atoms with E-state index in [0.29, 0.717) is 25.2 Å². The fraction of sp³-hybridized carbons (Fsp3) is 0.591. The number of nitrogens with zero attached hydrogens (tertiary/aromatic N) is 3. The molecule has 4 rings (SSSR count). The first kappa shape index (κ1) is 20.8. The predicted octanol–water partition coefficient (Wildman–Crippen LogP) is 1.77. The summed E-state index contributed by atoms with van der Waals surface area (Å²) in [6, 6.07) is 3.22. The summed E-state index contributed by atoms with van der Waals surface area (Å²) in [6.07, 6.45) is 5.92. The minimum absolute atomic E-state index is 0.144. The van der Waals surface area contributed by atoms with E-state index in [0.717, 1.165) is 38.5 Å². The van der Waals surface area contributed by atoms with E-state index < -0.39 is 11.9 Å². The van der Waals surface area contributed by atoms with Crippen molar-refractivity contribution in [3.63, 3.8) is 0 Å². The Hall–Kier alpha value is -2.48. The van der Waals surface area contributed by atoms with Crippen molar-refractivity contribution in [2.75, 3.05) is 44.2 Å². The zero-order valence-electron chi connectivity index (χ0n) is 17.2. The van der Waals surface area contributed by atoms with Gasteiger partial charge in [0.25, 0.3) is 5.91 Å². The van der Waals surface area contributed by atoms with Crippen molar-refractivity contribution in [1.29, 1.82) is 0 Å². The van der Waals surface area contributed by atoms with Gasteiger partial charge in [-0.2, -0.15) is 0 Å². The summed E-state index contributed by atoms with van der Waals surface area (Å²) in [7, 11) is 0. The molecule has 0 aromatic heterocycles. The molecule has 30 heavy (non-hydrogen) atoms. The molecule has 7 nitrogen and oxygen atoms in total. The maximum absolute atomic E-state index is 13.8. The molecule has 3 heterocycles. The second-order valence-corrected chi connectivity index (χ2v) is 8.35. The van der Waals surface area contributed by atoms with Gasteiger partial charge in [-0.05, 0) is 69.9 Å². The highest BCUT2D eigenvalue weighted by Gasteiger charge is 2.42. The van der Waals surface area contributed by atoms with Gasteiger partial charge in [0.05, 0.1) is 11.3 Å². The first-order chi connectivity index (χ1) is 14.5. The topological polar surface area (TPSA) is 73.0 Å². The van der Waals surface area contributed by atoms with Crippen LogP contribution >= 0.6 is 0 Å². The number of amides is 3. The normalized spacial score (nSPS) is 22.0. The van der Waals surface area contributed by atoms with E-state index in [1.54, 1.807) is 0 Å².